The topological polar surface area (TPSA) is 55.5 Å². The van der Waals surface area contributed by atoms with Gasteiger partial charge in [0.25, 0.3) is 0 Å². The van der Waals surface area contributed by atoms with E-state index in [2.05, 4.69) is 50.5 Å². The molecule has 108 valence electrons. The van der Waals surface area contributed by atoms with Gasteiger partial charge in [0.1, 0.15) is 6.73 Å². The number of rotatable bonds is 4. The molecule has 3 nitrogen and oxygen atoms in total. The van der Waals surface area contributed by atoms with E-state index >= 15 is 0 Å². The van der Waals surface area contributed by atoms with Crippen molar-refractivity contribution in [2.45, 2.75) is 46.5 Å². The zero-order chi connectivity index (χ0) is 14.8. The summed E-state index contributed by atoms with van der Waals surface area (Å²) in [4.78, 5) is 0. The highest BCUT2D eigenvalue weighted by molar-refractivity contribution is 9.10. The molecule has 0 aromatic heterocycles. The number of phenolic OH excluding ortho intramolecular Hbond substituents is 1. The molecule has 0 aliphatic rings. The SMILES string of the molecule is CC(C)(C)CC(C)(C)c1cc(O)c(OCN)c(Br)c1. The van der Waals surface area contributed by atoms with Gasteiger partial charge in [-0.05, 0) is 50.9 Å². The van der Waals surface area contributed by atoms with E-state index < -0.39 is 0 Å². The first kappa shape index (κ1) is 16.3. The molecule has 4 heteroatoms. The Hall–Kier alpha value is -0.740. The summed E-state index contributed by atoms with van der Waals surface area (Å²) in [5, 5.41) is 10.1. The summed E-state index contributed by atoms with van der Waals surface area (Å²) in [5.41, 5.74) is 6.62. The molecule has 3 N–H and O–H groups in total. The minimum absolute atomic E-state index is 0.0283. The third-order valence-corrected chi connectivity index (χ3v) is 3.59. The highest BCUT2D eigenvalue weighted by atomic mass is 79.9. The summed E-state index contributed by atoms with van der Waals surface area (Å²) in [6, 6.07) is 3.76. The summed E-state index contributed by atoms with van der Waals surface area (Å²) in [7, 11) is 0. The van der Waals surface area contributed by atoms with E-state index in [0.717, 1.165) is 16.5 Å². The lowest BCUT2D eigenvalue weighted by Gasteiger charge is -2.33. The summed E-state index contributed by atoms with van der Waals surface area (Å²) in [6.45, 7) is 11.1. The van der Waals surface area contributed by atoms with Gasteiger partial charge in [0.05, 0.1) is 4.47 Å². The fourth-order valence-corrected chi connectivity index (χ4v) is 3.19. The normalized spacial score (nSPS) is 12.6. The molecule has 0 aliphatic carbocycles. The summed E-state index contributed by atoms with van der Waals surface area (Å²) in [5.74, 6) is 0.523. The molecule has 1 aromatic rings. The number of halogens is 1. The Morgan fingerprint density at radius 1 is 1.21 bits per heavy atom. The Labute approximate surface area is 124 Å². The van der Waals surface area contributed by atoms with Crippen LogP contribution in [0.25, 0.3) is 0 Å². The van der Waals surface area contributed by atoms with Crippen LogP contribution in [0.15, 0.2) is 16.6 Å². The Morgan fingerprint density at radius 3 is 2.21 bits per heavy atom. The number of aromatic hydroxyl groups is 1. The molecule has 0 saturated carbocycles. The predicted molar refractivity (Wildman–Crippen MR) is 82.6 cm³/mol. The van der Waals surface area contributed by atoms with E-state index in [4.69, 9.17) is 10.5 Å². The van der Waals surface area contributed by atoms with Crippen molar-refractivity contribution in [3.63, 3.8) is 0 Å². The highest BCUT2D eigenvalue weighted by Gasteiger charge is 2.28. The van der Waals surface area contributed by atoms with Gasteiger partial charge in [-0.3, -0.25) is 5.73 Å². The van der Waals surface area contributed by atoms with Gasteiger partial charge in [-0.2, -0.15) is 0 Å². The number of hydrogen-bond acceptors (Lipinski definition) is 3. The van der Waals surface area contributed by atoms with Crippen LogP contribution >= 0.6 is 15.9 Å². The van der Waals surface area contributed by atoms with Crippen LogP contribution in [-0.4, -0.2) is 11.8 Å². The van der Waals surface area contributed by atoms with E-state index in [9.17, 15) is 5.11 Å². The van der Waals surface area contributed by atoms with Crippen LogP contribution in [0.5, 0.6) is 11.5 Å². The average molecular weight is 330 g/mol. The molecule has 1 rings (SSSR count). The van der Waals surface area contributed by atoms with E-state index in [1.54, 1.807) is 6.07 Å². The molecule has 1 aromatic carbocycles. The highest BCUT2D eigenvalue weighted by Crippen LogP contribution is 2.42. The average Bonchev–Trinajstić information content (AvgIpc) is 2.19. The molecule has 0 atom stereocenters. The molecule has 19 heavy (non-hydrogen) atoms. The van der Waals surface area contributed by atoms with Crippen molar-refractivity contribution in [2.75, 3.05) is 6.73 Å². The summed E-state index contributed by atoms with van der Waals surface area (Å²) < 4.78 is 5.95. The van der Waals surface area contributed by atoms with Gasteiger partial charge in [0, 0.05) is 0 Å². The molecule has 0 bridgehead atoms. The minimum Gasteiger partial charge on any atom is -0.504 e. The van der Waals surface area contributed by atoms with Crippen molar-refractivity contribution in [3.8, 4) is 11.5 Å². The van der Waals surface area contributed by atoms with Crippen LogP contribution < -0.4 is 10.5 Å². The molecule has 0 unspecified atom stereocenters. The standard InChI is InChI=1S/C15H24BrNO2/c1-14(2,3)8-15(4,5)10-6-11(16)13(19-9-17)12(18)7-10/h6-7,18H,8-9,17H2,1-5H3. The third-order valence-electron chi connectivity index (χ3n) is 3.01. The zero-order valence-electron chi connectivity index (χ0n) is 12.4. The maximum atomic E-state index is 10.1. The third kappa shape index (κ3) is 4.39. The first-order chi connectivity index (χ1) is 8.57. The van der Waals surface area contributed by atoms with Crippen molar-refractivity contribution in [1.29, 1.82) is 0 Å². The first-order valence-corrected chi connectivity index (χ1v) is 7.22. The Balaban J connectivity index is 3.15. The monoisotopic (exact) mass is 329 g/mol. The van der Waals surface area contributed by atoms with Crippen LogP contribution in [0.1, 0.15) is 46.6 Å². The van der Waals surface area contributed by atoms with E-state index in [1.165, 1.54) is 0 Å². The van der Waals surface area contributed by atoms with E-state index in [-0.39, 0.29) is 23.3 Å². The van der Waals surface area contributed by atoms with Crippen LogP contribution in [0.4, 0.5) is 0 Å². The Morgan fingerprint density at radius 2 is 1.79 bits per heavy atom. The predicted octanol–water partition coefficient (Wildman–Crippen LogP) is 4.16. The maximum absolute atomic E-state index is 10.1. The van der Waals surface area contributed by atoms with Crippen LogP contribution in [0.3, 0.4) is 0 Å². The Bertz CT molecular complexity index is 427. The van der Waals surface area contributed by atoms with Gasteiger partial charge < -0.3 is 9.84 Å². The van der Waals surface area contributed by atoms with Crippen molar-refractivity contribution < 1.29 is 9.84 Å². The van der Waals surface area contributed by atoms with Gasteiger partial charge in [-0.25, -0.2) is 0 Å². The smallest absolute Gasteiger partial charge is 0.177 e. The zero-order valence-corrected chi connectivity index (χ0v) is 14.0. The number of nitrogens with two attached hydrogens (primary N) is 1. The lowest BCUT2D eigenvalue weighted by atomic mass is 9.72. The molecule has 0 heterocycles. The number of phenols is 1. The van der Waals surface area contributed by atoms with Gasteiger partial charge in [0.2, 0.25) is 0 Å². The molecule has 0 aliphatic heterocycles. The fourth-order valence-electron chi connectivity index (χ4n) is 2.62. The van der Waals surface area contributed by atoms with Crippen molar-refractivity contribution in [3.05, 3.63) is 22.2 Å². The van der Waals surface area contributed by atoms with Gasteiger partial charge in [0.15, 0.2) is 11.5 Å². The second-order valence-electron chi connectivity index (χ2n) is 6.74. The number of hydrogen-bond donors (Lipinski definition) is 2. The molecular formula is C15H24BrNO2. The van der Waals surface area contributed by atoms with E-state index in [1.807, 2.05) is 6.07 Å². The molecule has 0 spiro atoms. The summed E-state index contributed by atoms with van der Waals surface area (Å²) in [6.07, 6.45) is 1.02. The van der Waals surface area contributed by atoms with Crippen LogP contribution in [0, 0.1) is 5.41 Å². The quantitative estimate of drug-likeness (QED) is 0.815. The largest absolute Gasteiger partial charge is 0.504 e. The van der Waals surface area contributed by atoms with Crippen LogP contribution in [-0.2, 0) is 5.41 Å². The first-order valence-electron chi connectivity index (χ1n) is 6.43. The van der Waals surface area contributed by atoms with E-state index in [0.29, 0.717) is 5.75 Å². The van der Waals surface area contributed by atoms with Crippen molar-refractivity contribution in [1.82, 2.24) is 0 Å². The Kier molecular flexibility index (Phi) is 4.91. The van der Waals surface area contributed by atoms with Crippen LogP contribution in [0.2, 0.25) is 0 Å². The maximum Gasteiger partial charge on any atom is 0.177 e. The molecule has 0 saturated heterocycles. The van der Waals surface area contributed by atoms with Crippen molar-refractivity contribution in [2.24, 2.45) is 11.1 Å². The lowest BCUT2D eigenvalue weighted by Crippen LogP contribution is -2.24. The molecular weight excluding hydrogens is 306 g/mol. The second-order valence-corrected chi connectivity index (χ2v) is 7.59. The molecule has 0 fully saturated rings. The number of benzene rings is 1. The number of ether oxygens (including phenoxy) is 1. The van der Waals surface area contributed by atoms with Crippen molar-refractivity contribution >= 4 is 15.9 Å². The molecule has 0 amide bonds. The minimum atomic E-state index is -0.0283. The lowest BCUT2D eigenvalue weighted by molar-refractivity contribution is 0.281. The second kappa shape index (κ2) is 5.71. The van der Waals surface area contributed by atoms with Gasteiger partial charge >= 0.3 is 0 Å². The molecule has 0 radical (unpaired) electrons. The summed E-state index contributed by atoms with van der Waals surface area (Å²) >= 11 is 3.43. The fraction of sp³-hybridized carbons (Fsp3) is 0.600. The van der Waals surface area contributed by atoms with Gasteiger partial charge in [-0.15, -0.1) is 0 Å². The van der Waals surface area contributed by atoms with Gasteiger partial charge in [-0.1, -0.05) is 34.6 Å².